The van der Waals surface area contributed by atoms with Crippen LogP contribution >= 0.6 is 23.2 Å². The van der Waals surface area contributed by atoms with Gasteiger partial charge >= 0.3 is 0 Å². The van der Waals surface area contributed by atoms with Crippen LogP contribution in [-0.2, 0) is 0 Å². The first-order valence-corrected chi connectivity index (χ1v) is 7.51. The lowest BCUT2D eigenvalue weighted by Crippen LogP contribution is -2.26. The van der Waals surface area contributed by atoms with Gasteiger partial charge in [0.05, 0.1) is 22.6 Å². The number of carbonyl (C=O) groups is 1. The van der Waals surface area contributed by atoms with Crippen molar-refractivity contribution in [2.75, 3.05) is 10.6 Å². The van der Waals surface area contributed by atoms with Gasteiger partial charge in [-0.25, -0.2) is 4.98 Å². The predicted molar refractivity (Wildman–Crippen MR) is 92.0 cm³/mol. The Labute approximate surface area is 139 Å². The van der Waals surface area contributed by atoms with Crippen molar-refractivity contribution in [3.05, 3.63) is 52.3 Å². The van der Waals surface area contributed by atoms with Crippen LogP contribution in [0.4, 0.5) is 11.4 Å². The quantitative estimate of drug-likeness (QED) is 0.841. The van der Waals surface area contributed by atoms with Crippen molar-refractivity contribution < 1.29 is 4.79 Å². The second-order valence-corrected chi connectivity index (χ2v) is 6.73. The number of nitrogens with one attached hydrogen (secondary N) is 2. The molecule has 116 valence electrons. The van der Waals surface area contributed by atoms with Crippen LogP contribution in [0.3, 0.4) is 0 Å². The zero-order chi connectivity index (χ0) is 16.3. The third-order valence-corrected chi connectivity index (χ3v) is 3.26. The maximum atomic E-state index is 12.2. The lowest BCUT2D eigenvalue weighted by atomic mass is 10.1. The molecule has 6 heteroatoms. The minimum absolute atomic E-state index is 0.0697. The van der Waals surface area contributed by atoms with E-state index in [1.807, 2.05) is 6.07 Å². The number of pyridine rings is 1. The molecule has 2 N–H and O–H groups in total. The number of benzene rings is 1. The van der Waals surface area contributed by atoms with Crippen LogP contribution in [-0.4, -0.2) is 16.4 Å². The molecule has 2 rings (SSSR count). The molecule has 0 aliphatic heterocycles. The lowest BCUT2D eigenvalue weighted by molar-refractivity contribution is 0.102. The summed E-state index contributed by atoms with van der Waals surface area (Å²) in [5.74, 6) is -0.341. The van der Waals surface area contributed by atoms with Gasteiger partial charge in [0.1, 0.15) is 5.69 Å². The number of rotatable bonds is 3. The molecule has 0 atom stereocenters. The van der Waals surface area contributed by atoms with E-state index in [9.17, 15) is 4.79 Å². The fourth-order valence-electron chi connectivity index (χ4n) is 1.81. The van der Waals surface area contributed by atoms with E-state index < -0.39 is 0 Å². The van der Waals surface area contributed by atoms with Crippen LogP contribution in [0.5, 0.6) is 0 Å². The summed E-state index contributed by atoms with van der Waals surface area (Å²) in [7, 11) is 0. The normalized spacial score (nSPS) is 11.1. The molecule has 0 aliphatic carbocycles. The average Bonchev–Trinajstić information content (AvgIpc) is 2.42. The third kappa shape index (κ3) is 4.61. The molecule has 0 bridgehead atoms. The van der Waals surface area contributed by atoms with Gasteiger partial charge in [-0.05, 0) is 51.1 Å². The van der Waals surface area contributed by atoms with Crippen molar-refractivity contribution in [2.45, 2.75) is 26.3 Å². The summed E-state index contributed by atoms with van der Waals surface area (Å²) in [5.41, 5.74) is 1.54. The SMILES string of the molecule is CC(C)(C)Nc1ccc(C(=O)Nc2cc(Cl)ccc2Cl)nc1. The molecular weight excluding hydrogens is 321 g/mol. The second kappa shape index (κ2) is 6.55. The molecule has 0 spiro atoms. The number of anilines is 2. The highest BCUT2D eigenvalue weighted by atomic mass is 35.5. The van der Waals surface area contributed by atoms with Gasteiger partial charge in [-0.15, -0.1) is 0 Å². The summed E-state index contributed by atoms with van der Waals surface area (Å²) in [6.07, 6.45) is 1.62. The van der Waals surface area contributed by atoms with Crippen molar-refractivity contribution in [2.24, 2.45) is 0 Å². The van der Waals surface area contributed by atoms with Crippen LogP contribution in [0.15, 0.2) is 36.5 Å². The highest BCUT2D eigenvalue weighted by Gasteiger charge is 2.12. The van der Waals surface area contributed by atoms with Gasteiger partial charge in [0, 0.05) is 10.6 Å². The number of halogens is 2. The Hall–Kier alpha value is -1.78. The Balaban J connectivity index is 2.11. The first-order chi connectivity index (χ1) is 10.2. The number of amides is 1. The lowest BCUT2D eigenvalue weighted by Gasteiger charge is -2.21. The van der Waals surface area contributed by atoms with Gasteiger partial charge in [0.25, 0.3) is 5.91 Å². The van der Waals surface area contributed by atoms with E-state index in [2.05, 4.69) is 36.4 Å². The smallest absolute Gasteiger partial charge is 0.274 e. The summed E-state index contributed by atoms with van der Waals surface area (Å²) < 4.78 is 0. The highest BCUT2D eigenvalue weighted by molar-refractivity contribution is 6.35. The Bertz CT molecular complexity index is 679. The molecule has 0 unspecified atom stereocenters. The number of aromatic nitrogens is 1. The molecule has 0 saturated heterocycles. The number of nitrogens with zero attached hydrogens (tertiary/aromatic N) is 1. The standard InChI is InChI=1S/C16H17Cl2N3O/c1-16(2,3)21-11-5-7-13(19-9-11)15(22)20-14-8-10(17)4-6-12(14)18/h4-9,21H,1-3H3,(H,20,22). The van der Waals surface area contributed by atoms with Gasteiger partial charge in [-0.1, -0.05) is 23.2 Å². The average molecular weight is 338 g/mol. The maximum Gasteiger partial charge on any atom is 0.274 e. The second-order valence-electron chi connectivity index (χ2n) is 5.89. The zero-order valence-electron chi connectivity index (χ0n) is 12.6. The first kappa shape index (κ1) is 16.6. The van der Waals surface area contributed by atoms with Crippen molar-refractivity contribution in [1.29, 1.82) is 0 Å². The first-order valence-electron chi connectivity index (χ1n) is 6.75. The maximum absolute atomic E-state index is 12.2. The molecule has 0 saturated carbocycles. The van der Waals surface area contributed by atoms with Gasteiger partial charge in [0.15, 0.2) is 0 Å². The summed E-state index contributed by atoms with van der Waals surface area (Å²) in [5, 5.41) is 6.90. The van der Waals surface area contributed by atoms with E-state index in [-0.39, 0.29) is 11.4 Å². The summed E-state index contributed by atoms with van der Waals surface area (Å²) >= 11 is 11.9. The van der Waals surface area contributed by atoms with Gasteiger partial charge in [-0.3, -0.25) is 4.79 Å². The van der Waals surface area contributed by atoms with Crippen molar-refractivity contribution in [1.82, 2.24) is 4.98 Å². The van der Waals surface area contributed by atoms with E-state index in [4.69, 9.17) is 23.2 Å². The number of carbonyl (C=O) groups excluding carboxylic acids is 1. The van der Waals surface area contributed by atoms with E-state index in [0.29, 0.717) is 21.4 Å². The topological polar surface area (TPSA) is 54.0 Å². The molecule has 2 aromatic rings. The van der Waals surface area contributed by atoms with Gasteiger partial charge in [-0.2, -0.15) is 0 Å². The summed E-state index contributed by atoms with van der Waals surface area (Å²) in [6.45, 7) is 6.15. The number of hydrogen-bond donors (Lipinski definition) is 2. The molecule has 1 heterocycles. The van der Waals surface area contributed by atoms with Gasteiger partial charge < -0.3 is 10.6 Å². The van der Waals surface area contributed by atoms with E-state index in [1.165, 1.54) is 0 Å². The van der Waals surface area contributed by atoms with Crippen LogP contribution in [0.1, 0.15) is 31.3 Å². The van der Waals surface area contributed by atoms with Crippen molar-refractivity contribution >= 4 is 40.5 Å². The summed E-state index contributed by atoms with van der Waals surface area (Å²) in [6, 6.07) is 8.35. The highest BCUT2D eigenvalue weighted by Crippen LogP contribution is 2.25. The molecular formula is C16H17Cl2N3O. The molecule has 4 nitrogen and oxygen atoms in total. The number of hydrogen-bond acceptors (Lipinski definition) is 3. The summed E-state index contributed by atoms with van der Waals surface area (Å²) in [4.78, 5) is 16.3. The largest absolute Gasteiger partial charge is 0.379 e. The molecule has 0 aliphatic rings. The molecule has 0 fully saturated rings. The van der Waals surface area contributed by atoms with Crippen LogP contribution in [0.2, 0.25) is 10.0 Å². The molecule has 22 heavy (non-hydrogen) atoms. The third-order valence-electron chi connectivity index (χ3n) is 2.69. The van der Waals surface area contributed by atoms with Crippen LogP contribution in [0, 0.1) is 0 Å². The minimum Gasteiger partial charge on any atom is -0.379 e. The van der Waals surface area contributed by atoms with Crippen molar-refractivity contribution in [3.63, 3.8) is 0 Å². The monoisotopic (exact) mass is 337 g/mol. The fourth-order valence-corrected chi connectivity index (χ4v) is 2.15. The Morgan fingerprint density at radius 3 is 2.45 bits per heavy atom. The Kier molecular flexibility index (Phi) is 4.94. The molecule has 1 amide bonds. The Morgan fingerprint density at radius 1 is 1.14 bits per heavy atom. The molecule has 0 radical (unpaired) electrons. The van der Waals surface area contributed by atoms with Crippen LogP contribution < -0.4 is 10.6 Å². The molecule has 1 aromatic heterocycles. The van der Waals surface area contributed by atoms with E-state index in [0.717, 1.165) is 5.69 Å². The fraction of sp³-hybridized carbons (Fsp3) is 0.250. The van der Waals surface area contributed by atoms with Crippen LogP contribution in [0.25, 0.3) is 0 Å². The van der Waals surface area contributed by atoms with E-state index >= 15 is 0 Å². The van der Waals surface area contributed by atoms with E-state index in [1.54, 1.807) is 30.5 Å². The predicted octanol–water partition coefficient (Wildman–Crippen LogP) is 4.85. The van der Waals surface area contributed by atoms with Gasteiger partial charge in [0.2, 0.25) is 0 Å². The van der Waals surface area contributed by atoms with Crippen molar-refractivity contribution in [3.8, 4) is 0 Å². The Morgan fingerprint density at radius 2 is 1.86 bits per heavy atom. The molecule has 1 aromatic carbocycles. The zero-order valence-corrected chi connectivity index (χ0v) is 14.1. The minimum atomic E-state index is -0.341.